The number of methoxy groups -OCH3 is 1. The van der Waals surface area contributed by atoms with E-state index in [1.807, 2.05) is 30.3 Å². The van der Waals surface area contributed by atoms with Crippen LogP contribution in [0.4, 0.5) is 14.6 Å². The molecular formula is C24H22F2N6O3. The molecule has 11 heteroatoms. The summed E-state index contributed by atoms with van der Waals surface area (Å²) < 4.78 is 33.6. The summed E-state index contributed by atoms with van der Waals surface area (Å²) in [6, 6.07) is 12.8. The van der Waals surface area contributed by atoms with E-state index in [2.05, 4.69) is 25.9 Å². The van der Waals surface area contributed by atoms with Crippen LogP contribution in [0, 0.1) is 11.6 Å². The van der Waals surface area contributed by atoms with Crippen molar-refractivity contribution in [1.82, 2.24) is 25.1 Å². The van der Waals surface area contributed by atoms with Gasteiger partial charge in [0.05, 0.1) is 13.5 Å². The van der Waals surface area contributed by atoms with Crippen molar-refractivity contribution in [3.8, 4) is 17.3 Å². The fraction of sp³-hybridized carbons (Fsp3) is 0.208. The first-order chi connectivity index (χ1) is 16.9. The summed E-state index contributed by atoms with van der Waals surface area (Å²) in [5, 5.41) is 18.0. The molecule has 0 aliphatic heterocycles. The van der Waals surface area contributed by atoms with E-state index in [4.69, 9.17) is 4.74 Å². The van der Waals surface area contributed by atoms with E-state index < -0.39 is 29.5 Å². The molecule has 2 aromatic carbocycles. The van der Waals surface area contributed by atoms with Crippen molar-refractivity contribution in [1.29, 1.82) is 0 Å². The molecule has 1 atom stereocenters. The zero-order valence-electron chi connectivity index (χ0n) is 19.0. The number of nitrogens with zero attached hydrogens (tertiary/aromatic N) is 4. The van der Waals surface area contributed by atoms with Gasteiger partial charge in [0.15, 0.2) is 11.6 Å². The van der Waals surface area contributed by atoms with Crippen LogP contribution in [0.3, 0.4) is 0 Å². The summed E-state index contributed by atoms with van der Waals surface area (Å²) >= 11 is 0. The largest absolute Gasteiger partial charge is 0.478 e. The number of aromatic nitrogens is 4. The molecule has 0 aliphatic carbocycles. The zero-order chi connectivity index (χ0) is 24.9. The summed E-state index contributed by atoms with van der Waals surface area (Å²) in [7, 11) is 1.45. The Balaban J connectivity index is 1.52. The van der Waals surface area contributed by atoms with Crippen LogP contribution in [0.15, 0.2) is 54.6 Å². The number of carbonyl (C=O) groups is 2. The number of hydrogen-bond acceptors (Lipinski definition) is 6. The summed E-state index contributed by atoms with van der Waals surface area (Å²) in [5.74, 6) is -1.73. The van der Waals surface area contributed by atoms with Crippen molar-refractivity contribution < 1.29 is 23.1 Å². The zero-order valence-corrected chi connectivity index (χ0v) is 19.0. The third-order valence-corrected chi connectivity index (χ3v) is 5.19. The van der Waals surface area contributed by atoms with E-state index in [1.165, 1.54) is 11.6 Å². The first kappa shape index (κ1) is 23.7. The highest BCUT2D eigenvalue weighted by molar-refractivity contribution is 5.97. The van der Waals surface area contributed by atoms with Gasteiger partial charge in [-0.1, -0.05) is 37.3 Å². The minimum Gasteiger partial charge on any atom is -0.478 e. The second-order valence-electron chi connectivity index (χ2n) is 7.70. The van der Waals surface area contributed by atoms with Crippen LogP contribution in [-0.2, 0) is 16.0 Å². The van der Waals surface area contributed by atoms with Crippen molar-refractivity contribution in [3.63, 3.8) is 0 Å². The van der Waals surface area contributed by atoms with Crippen LogP contribution in [0.5, 0.6) is 5.88 Å². The molecule has 2 amide bonds. The number of hydrogen-bond donors (Lipinski definition) is 2. The lowest BCUT2D eigenvalue weighted by atomic mass is 10.1. The highest BCUT2D eigenvalue weighted by Gasteiger charge is 2.22. The number of fused-ring (bicyclic) bond motifs is 1. The Morgan fingerprint density at radius 2 is 1.77 bits per heavy atom. The summed E-state index contributed by atoms with van der Waals surface area (Å²) in [4.78, 5) is 25.3. The molecule has 1 unspecified atom stereocenters. The standard InChI is InChI=1S/C24H22F2N6O3/c1-3-18(27-21(33)11-14-9-16(25)12-17(26)10-14)23(34)28-20-13-19-24(35-2)30-29-22(32(19)31-20)15-7-5-4-6-8-15/h4-10,12-13,18H,3,11H2,1-2H3,(H,27,33)(H,28,31,34). The minimum atomic E-state index is -0.891. The number of amides is 2. The van der Waals surface area contributed by atoms with E-state index in [0.717, 1.165) is 23.8 Å². The van der Waals surface area contributed by atoms with Gasteiger partial charge in [0.1, 0.15) is 23.2 Å². The van der Waals surface area contributed by atoms with Crippen molar-refractivity contribution in [2.24, 2.45) is 0 Å². The van der Waals surface area contributed by atoms with Gasteiger partial charge in [0, 0.05) is 17.7 Å². The number of benzene rings is 2. The molecule has 2 N–H and O–H groups in total. The number of ether oxygens (including phenoxy) is 1. The van der Waals surface area contributed by atoms with Gasteiger partial charge in [-0.3, -0.25) is 9.59 Å². The lowest BCUT2D eigenvalue weighted by Crippen LogP contribution is -2.44. The van der Waals surface area contributed by atoms with Crippen LogP contribution in [0.2, 0.25) is 0 Å². The van der Waals surface area contributed by atoms with Gasteiger partial charge in [0.2, 0.25) is 11.8 Å². The molecule has 0 saturated heterocycles. The predicted molar refractivity (Wildman–Crippen MR) is 124 cm³/mol. The lowest BCUT2D eigenvalue weighted by Gasteiger charge is -2.16. The SMILES string of the molecule is CCC(NC(=O)Cc1cc(F)cc(F)c1)C(=O)Nc1cc2c(OC)nnc(-c3ccccc3)n2n1. The number of halogens is 2. The monoisotopic (exact) mass is 480 g/mol. The van der Waals surface area contributed by atoms with Gasteiger partial charge >= 0.3 is 0 Å². The van der Waals surface area contributed by atoms with Gasteiger partial charge in [-0.05, 0) is 24.1 Å². The van der Waals surface area contributed by atoms with Gasteiger partial charge in [-0.25, -0.2) is 13.3 Å². The lowest BCUT2D eigenvalue weighted by molar-refractivity contribution is -0.126. The normalized spacial score (nSPS) is 11.8. The number of carbonyl (C=O) groups excluding carboxylic acids is 2. The molecular weight excluding hydrogens is 458 g/mol. The molecule has 0 spiro atoms. The molecule has 2 aromatic heterocycles. The van der Waals surface area contributed by atoms with E-state index in [9.17, 15) is 18.4 Å². The Morgan fingerprint density at radius 3 is 2.43 bits per heavy atom. The first-order valence-electron chi connectivity index (χ1n) is 10.8. The molecule has 35 heavy (non-hydrogen) atoms. The van der Waals surface area contributed by atoms with Crippen LogP contribution in [-0.4, -0.2) is 44.8 Å². The van der Waals surface area contributed by atoms with Gasteiger partial charge in [-0.2, -0.15) is 0 Å². The fourth-order valence-corrected chi connectivity index (χ4v) is 3.57. The first-order valence-corrected chi connectivity index (χ1v) is 10.8. The van der Waals surface area contributed by atoms with Gasteiger partial charge in [-0.15, -0.1) is 15.3 Å². The number of anilines is 1. The third kappa shape index (κ3) is 5.40. The molecule has 9 nitrogen and oxygen atoms in total. The van der Waals surface area contributed by atoms with Crippen molar-refractivity contribution in [2.75, 3.05) is 12.4 Å². The Bertz CT molecular complexity index is 1360. The quantitative estimate of drug-likeness (QED) is 0.401. The van der Waals surface area contributed by atoms with Crippen LogP contribution in [0.25, 0.3) is 16.9 Å². The molecule has 4 aromatic rings. The van der Waals surface area contributed by atoms with Gasteiger partial charge < -0.3 is 15.4 Å². The van der Waals surface area contributed by atoms with E-state index in [-0.39, 0.29) is 30.1 Å². The van der Waals surface area contributed by atoms with Crippen molar-refractivity contribution >= 4 is 23.1 Å². The van der Waals surface area contributed by atoms with Crippen LogP contribution >= 0.6 is 0 Å². The Hall–Kier alpha value is -4.41. The van der Waals surface area contributed by atoms with E-state index >= 15 is 0 Å². The highest BCUT2D eigenvalue weighted by Crippen LogP contribution is 2.25. The smallest absolute Gasteiger partial charge is 0.259 e. The summed E-state index contributed by atoms with van der Waals surface area (Å²) in [6.07, 6.45) is 0.00590. The predicted octanol–water partition coefficient (Wildman–Crippen LogP) is 3.15. The maximum atomic E-state index is 13.4. The second-order valence-corrected chi connectivity index (χ2v) is 7.70. The summed E-state index contributed by atoms with van der Waals surface area (Å²) in [6.45, 7) is 1.72. The summed E-state index contributed by atoms with van der Waals surface area (Å²) in [5.41, 5.74) is 1.42. The van der Waals surface area contributed by atoms with Crippen molar-refractivity contribution in [3.05, 3.63) is 71.8 Å². The molecule has 2 heterocycles. The molecule has 0 radical (unpaired) electrons. The molecule has 0 aliphatic rings. The average molecular weight is 480 g/mol. The minimum absolute atomic E-state index is 0.163. The third-order valence-electron chi connectivity index (χ3n) is 5.19. The molecule has 0 saturated carbocycles. The van der Waals surface area contributed by atoms with E-state index in [1.54, 1.807) is 13.0 Å². The van der Waals surface area contributed by atoms with Crippen LogP contribution < -0.4 is 15.4 Å². The van der Waals surface area contributed by atoms with E-state index in [0.29, 0.717) is 11.3 Å². The maximum absolute atomic E-state index is 13.4. The number of rotatable bonds is 8. The van der Waals surface area contributed by atoms with Gasteiger partial charge in [0.25, 0.3) is 5.88 Å². The molecule has 4 rings (SSSR count). The average Bonchev–Trinajstić information content (AvgIpc) is 3.25. The Kier molecular flexibility index (Phi) is 6.95. The molecule has 0 fully saturated rings. The highest BCUT2D eigenvalue weighted by atomic mass is 19.1. The second kappa shape index (κ2) is 10.2. The topological polar surface area (TPSA) is 111 Å². The number of nitrogens with one attached hydrogen (secondary N) is 2. The Labute approximate surface area is 199 Å². The molecule has 180 valence electrons. The fourth-order valence-electron chi connectivity index (χ4n) is 3.57. The Morgan fingerprint density at radius 1 is 1.06 bits per heavy atom. The van der Waals surface area contributed by atoms with Crippen LogP contribution in [0.1, 0.15) is 18.9 Å². The van der Waals surface area contributed by atoms with Crippen molar-refractivity contribution in [2.45, 2.75) is 25.8 Å². The maximum Gasteiger partial charge on any atom is 0.259 e. The molecule has 0 bridgehead atoms.